The molecule has 0 aliphatic heterocycles. The lowest BCUT2D eigenvalue weighted by atomic mass is 10.1. The number of nitrogens with zero attached hydrogens (tertiary/aromatic N) is 2. The van der Waals surface area contributed by atoms with Crippen LogP contribution in [-0.2, 0) is 13.5 Å². The molecule has 1 N–H and O–H groups in total. The third kappa shape index (κ3) is 3.49. The van der Waals surface area contributed by atoms with Crippen LogP contribution >= 0.6 is 11.6 Å². The molecule has 1 aliphatic carbocycles. The van der Waals surface area contributed by atoms with Gasteiger partial charge < -0.3 is 5.32 Å². The van der Waals surface area contributed by atoms with E-state index in [9.17, 15) is 0 Å². The van der Waals surface area contributed by atoms with Crippen LogP contribution in [0.15, 0.2) is 12.4 Å². The fourth-order valence-electron chi connectivity index (χ4n) is 2.34. The summed E-state index contributed by atoms with van der Waals surface area (Å²) in [5.74, 6) is 0.788. The summed E-state index contributed by atoms with van der Waals surface area (Å²) in [7, 11) is 1.95. The molecular formula is C12H20ClN3. The maximum absolute atomic E-state index is 6.08. The summed E-state index contributed by atoms with van der Waals surface area (Å²) in [6, 6.07) is 0. The Morgan fingerprint density at radius 1 is 1.56 bits per heavy atom. The Labute approximate surface area is 102 Å². The van der Waals surface area contributed by atoms with E-state index in [-0.39, 0.29) is 0 Å². The minimum absolute atomic E-state index is 0.421. The maximum Gasteiger partial charge on any atom is 0.0522 e. The normalized spacial score (nSPS) is 25.1. The number of halogens is 1. The lowest BCUT2D eigenvalue weighted by Gasteiger charge is -2.09. The number of rotatable bonds is 5. The Morgan fingerprint density at radius 3 is 3.06 bits per heavy atom. The summed E-state index contributed by atoms with van der Waals surface area (Å²) in [6.45, 7) is 2.15. The van der Waals surface area contributed by atoms with Gasteiger partial charge in [-0.25, -0.2) is 0 Å². The van der Waals surface area contributed by atoms with Crippen LogP contribution in [-0.4, -0.2) is 28.2 Å². The van der Waals surface area contributed by atoms with E-state index in [4.69, 9.17) is 11.6 Å². The van der Waals surface area contributed by atoms with Gasteiger partial charge in [0.05, 0.1) is 6.20 Å². The fraction of sp³-hybridized carbons (Fsp3) is 0.750. The van der Waals surface area contributed by atoms with E-state index in [0.29, 0.717) is 5.38 Å². The van der Waals surface area contributed by atoms with E-state index in [1.54, 1.807) is 0 Å². The molecule has 1 aromatic heterocycles. The van der Waals surface area contributed by atoms with Crippen LogP contribution in [0.25, 0.3) is 0 Å². The van der Waals surface area contributed by atoms with Gasteiger partial charge in [-0.15, -0.1) is 11.6 Å². The van der Waals surface area contributed by atoms with E-state index < -0.39 is 0 Å². The van der Waals surface area contributed by atoms with Crippen molar-refractivity contribution in [2.75, 3.05) is 13.1 Å². The second-order valence-electron chi connectivity index (χ2n) is 4.75. The highest BCUT2D eigenvalue weighted by atomic mass is 35.5. The van der Waals surface area contributed by atoms with Gasteiger partial charge in [-0.05, 0) is 50.3 Å². The molecule has 1 fully saturated rings. The van der Waals surface area contributed by atoms with Gasteiger partial charge in [0, 0.05) is 18.6 Å². The van der Waals surface area contributed by atoms with Gasteiger partial charge in [-0.3, -0.25) is 4.68 Å². The topological polar surface area (TPSA) is 29.9 Å². The predicted molar refractivity (Wildman–Crippen MR) is 66.8 cm³/mol. The predicted octanol–water partition coefficient (Wildman–Crippen LogP) is 1.96. The first-order valence-electron chi connectivity index (χ1n) is 6.06. The average molecular weight is 242 g/mol. The zero-order chi connectivity index (χ0) is 11.4. The van der Waals surface area contributed by atoms with E-state index >= 15 is 0 Å². The molecule has 4 heteroatoms. The first-order valence-corrected chi connectivity index (χ1v) is 6.50. The van der Waals surface area contributed by atoms with Crippen molar-refractivity contribution in [2.45, 2.75) is 31.1 Å². The van der Waals surface area contributed by atoms with Crippen molar-refractivity contribution in [3.8, 4) is 0 Å². The zero-order valence-electron chi connectivity index (χ0n) is 9.82. The molecule has 1 aliphatic rings. The molecule has 90 valence electrons. The second-order valence-corrected chi connectivity index (χ2v) is 5.37. The molecule has 0 spiro atoms. The van der Waals surface area contributed by atoms with E-state index in [1.165, 1.54) is 24.8 Å². The second kappa shape index (κ2) is 5.69. The SMILES string of the molecule is Cn1cc(CCNCC2CCC(Cl)C2)cn1. The summed E-state index contributed by atoms with van der Waals surface area (Å²) < 4.78 is 1.85. The van der Waals surface area contributed by atoms with Crippen LogP contribution in [0, 0.1) is 5.92 Å². The quantitative estimate of drug-likeness (QED) is 0.631. The molecule has 16 heavy (non-hydrogen) atoms. The van der Waals surface area contributed by atoms with Crippen molar-refractivity contribution in [2.24, 2.45) is 13.0 Å². The highest BCUT2D eigenvalue weighted by molar-refractivity contribution is 6.20. The number of alkyl halides is 1. The molecule has 0 bridgehead atoms. The molecule has 3 nitrogen and oxygen atoms in total. The van der Waals surface area contributed by atoms with Gasteiger partial charge in [-0.2, -0.15) is 5.10 Å². The van der Waals surface area contributed by atoms with Gasteiger partial charge in [-0.1, -0.05) is 0 Å². The monoisotopic (exact) mass is 241 g/mol. The number of hydrogen-bond acceptors (Lipinski definition) is 2. The molecule has 0 aromatic carbocycles. The first-order chi connectivity index (χ1) is 7.74. The third-order valence-electron chi connectivity index (χ3n) is 3.26. The van der Waals surface area contributed by atoms with Crippen molar-refractivity contribution in [1.29, 1.82) is 0 Å². The van der Waals surface area contributed by atoms with Gasteiger partial charge >= 0.3 is 0 Å². The Morgan fingerprint density at radius 2 is 2.44 bits per heavy atom. The highest BCUT2D eigenvalue weighted by Gasteiger charge is 2.21. The zero-order valence-corrected chi connectivity index (χ0v) is 10.6. The molecular weight excluding hydrogens is 222 g/mol. The number of nitrogens with one attached hydrogen (secondary N) is 1. The third-order valence-corrected chi connectivity index (χ3v) is 3.66. The Balaban J connectivity index is 1.58. The Kier molecular flexibility index (Phi) is 4.24. The fourth-order valence-corrected chi connectivity index (χ4v) is 2.72. The van der Waals surface area contributed by atoms with E-state index in [2.05, 4.69) is 16.6 Å². The van der Waals surface area contributed by atoms with E-state index in [0.717, 1.165) is 25.4 Å². The lowest BCUT2D eigenvalue weighted by molar-refractivity contribution is 0.492. The van der Waals surface area contributed by atoms with Crippen LogP contribution in [0.5, 0.6) is 0 Å². The van der Waals surface area contributed by atoms with Crippen molar-refractivity contribution < 1.29 is 0 Å². The maximum atomic E-state index is 6.08. The molecule has 2 atom stereocenters. The number of aryl methyl sites for hydroxylation is 1. The smallest absolute Gasteiger partial charge is 0.0522 e. The van der Waals surface area contributed by atoms with Crippen molar-refractivity contribution >= 4 is 11.6 Å². The van der Waals surface area contributed by atoms with E-state index in [1.807, 2.05) is 17.9 Å². The molecule has 2 unspecified atom stereocenters. The minimum Gasteiger partial charge on any atom is -0.316 e. The van der Waals surface area contributed by atoms with Gasteiger partial charge in [0.1, 0.15) is 0 Å². The summed E-state index contributed by atoms with van der Waals surface area (Å²) in [5.41, 5.74) is 1.30. The van der Waals surface area contributed by atoms with Crippen molar-refractivity contribution in [3.63, 3.8) is 0 Å². The highest BCUT2D eigenvalue weighted by Crippen LogP contribution is 2.28. The molecule has 1 heterocycles. The summed E-state index contributed by atoms with van der Waals surface area (Å²) >= 11 is 6.08. The molecule has 1 aromatic rings. The average Bonchev–Trinajstić information content (AvgIpc) is 2.83. The largest absolute Gasteiger partial charge is 0.316 e. The summed E-state index contributed by atoms with van der Waals surface area (Å²) in [6.07, 6.45) is 8.73. The van der Waals surface area contributed by atoms with Crippen LogP contribution in [0.2, 0.25) is 0 Å². The van der Waals surface area contributed by atoms with Crippen LogP contribution in [0.4, 0.5) is 0 Å². The van der Waals surface area contributed by atoms with Crippen LogP contribution < -0.4 is 5.32 Å². The van der Waals surface area contributed by atoms with Crippen LogP contribution in [0.1, 0.15) is 24.8 Å². The van der Waals surface area contributed by atoms with Crippen molar-refractivity contribution in [1.82, 2.24) is 15.1 Å². The molecule has 2 rings (SSSR count). The van der Waals surface area contributed by atoms with Gasteiger partial charge in [0.15, 0.2) is 0 Å². The number of hydrogen-bond donors (Lipinski definition) is 1. The lowest BCUT2D eigenvalue weighted by Crippen LogP contribution is -2.23. The molecule has 1 saturated carbocycles. The van der Waals surface area contributed by atoms with Gasteiger partial charge in [0.25, 0.3) is 0 Å². The van der Waals surface area contributed by atoms with Crippen LogP contribution in [0.3, 0.4) is 0 Å². The first kappa shape index (κ1) is 11.9. The minimum atomic E-state index is 0.421. The molecule has 0 amide bonds. The van der Waals surface area contributed by atoms with Crippen molar-refractivity contribution in [3.05, 3.63) is 18.0 Å². The number of aromatic nitrogens is 2. The molecule has 0 radical (unpaired) electrons. The molecule has 0 saturated heterocycles. The summed E-state index contributed by atoms with van der Waals surface area (Å²) in [5, 5.41) is 8.09. The Hall–Kier alpha value is -0.540. The standard InChI is InChI=1S/C12H20ClN3/c1-16-9-11(8-15-16)4-5-14-7-10-2-3-12(13)6-10/h8-10,12,14H,2-7H2,1H3. The summed E-state index contributed by atoms with van der Waals surface area (Å²) in [4.78, 5) is 0. The van der Waals surface area contributed by atoms with Gasteiger partial charge in [0.2, 0.25) is 0 Å². The Bertz CT molecular complexity index is 324.